The van der Waals surface area contributed by atoms with Gasteiger partial charge in [0.2, 0.25) is 23.6 Å². The Morgan fingerprint density at radius 3 is 1.26 bits per heavy atom. The maximum absolute atomic E-state index is 11.8. The largest absolute Gasteiger partial charge is 0.349 e. The van der Waals surface area contributed by atoms with Gasteiger partial charge in [-0.1, -0.05) is 122 Å². The molecule has 0 bridgehead atoms. The maximum atomic E-state index is 11.8. The lowest BCUT2D eigenvalue weighted by Gasteiger charge is -2.16. The summed E-state index contributed by atoms with van der Waals surface area (Å²) in [5, 5.41) is 11.6. The first-order chi connectivity index (χ1) is 24.3. The van der Waals surface area contributed by atoms with Crippen molar-refractivity contribution in [1.29, 1.82) is 0 Å². The summed E-state index contributed by atoms with van der Waals surface area (Å²) in [5.41, 5.74) is 0. The number of hydrogen-bond donors (Lipinski definition) is 4. The molecule has 0 aromatic heterocycles. The third-order valence-electron chi connectivity index (χ3n) is 7.47. The molecule has 50 heavy (non-hydrogen) atoms. The predicted octanol–water partition coefficient (Wildman–Crippen LogP) is 9.14. The first-order valence-corrected chi connectivity index (χ1v) is 21.0. The molecule has 4 amide bonds. The lowest BCUT2D eigenvalue weighted by molar-refractivity contribution is -0.121. The average Bonchev–Trinajstić information content (AvgIpc) is 3.07. The minimum absolute atomic E-state index is 0.0285. The molecule has 8 nitrogen and oxygen atoms in total. The quantitative estimate of drug-likeness (QED) is 0.0304. The van der Waals surface area contributed by atoms with Crippen LogP contribution in [-0.2, 0) is 19.2 Å². The van der Waals surface area contributed by atoms with Crippen LogP contribution in [-0.4, -0.2) is 47.2 Å². The monoisotopic (exact) mass is 730 g/mol. The summed E-state index contributed by atoms with van der Waals surface area (Å²) in [7, 11) is 3.42. The molecule has 1 unspecified atom stereocenters. The van der Waals surface area contributed by atoms with E-state index in [1.54, 1.807) is 60.0 Å². The Hall–Kier alpha value is -2.98. The first-order valence-electron chi connectivity index (χ1n) is 18.5. The van der Waals surface area contributed by atoms with Crippen molar-refractivity contribution in [2.75, 3.05) is 11.5 Å². The smallest absolute Gasteiger partial charge is 0.223 e. The molecule has 4 N–H and O–H groups in total. The van der Waals surface area contributed by atoms with Crippen molar-refractivity contribution >= 4 is 45.2 Å². The number of hydrogen-bond acceptors (Lipinski definition) is 6. The van der Waals surface area contributed by atoms with Crippen molar-refractivity contribution < 1.29 is 19.2 Å². The molecule has 0 heterocycles. The van der Waals surface area contributed by atoms with E-state index < -0.39 is 0 Å². The Labute approximate surface area is 311 Å². The van der Waals surface area contributed by atoms with Crippen LogP contribution in [0.25, 0.3) is 0 Å². The normalized spacial score (nSPS) is 12.8. The van der Waals surface area contributed by atoms with Gasteiger partial charge in [-0.15, -0.1) is 13.2 Å². The zero-order valence-corrected chi connectivity index (χ0v) is 32.6. The first kappa shape index (κ1) is 47.0. The molecule has 0 aromatic rings. The summed E-state index contributed by atoms with van der Waals surface area (Å²) in [6.45, 7) is 10.4. The van der Waals surface area contributed by atoms with E-state index in [1.807, 2.05) is 12.2 Å². The van der Waals surface area contributed by atoms with Crippen LogP contribution in [0.15, 0.2) is 74.2 Å². The van der Waals surface area contributed by atoms with Gasteiger partial charge < -0.3 is 21.3 Å². The van der Waals surface area contributed by atoms with Crippen LogP contribution in [0.5, 0.6) is 0 Å². The fourth-order valence-corrected chi connectivity index (χ4v) is 7.19. The van der Waals surface area contributed by atoms with Crippen LogP contribution < -0.4 is 21.3 Å². The van der Waals surface area contributed by atoms with Crippen LogP contribution in [0.4, 0.5) is 0 Å². The zero-order chi connectivity index (χ0) is 36.9. The molecule has 0 spiro atoms. The van der Waals surface area contributed by atoms with Gasteiger partial charge in [-0.2, -0.15) is 0 Å². The van der Waals surface area contributed by atoms with Crippen molar-refractivity contribution in [3.05, 3.63) is 74.2 Å². The topological polar surface area (TPSA) is 116 Å². The maximum Gasteiger partial charge on any atom is 0.223 e. The summed E-state index contributed by atoms with van der Waals surface area (Å²) >= 11 is 0. The summed E-state index contributed by atoms with van der Waals surface area (Å²) in [6.07, 6.45) is 37.0. The molecule has 2 atom stereocenters. The second kappa shape index (κ2) is 35.8. The number of nitrogens with one attached hydrogen (secondary N) is 4. The lowest BCUT2D eigenvalue weighted by atomic mass is 10.1. The number of carbonyl (C=O) groups is 4. The Kier molecular flexibility index (Phi) is 33.7. The lowest BCUT2D eigenvalue weighted by Crippen LogP contribution is -2.34. The van der Waals surface area contributed by atoms with Crippen LogP contribution in [0, 0.1) is 0 Å². The van der Waals surface area contributed by atoms with Gasteiger partial charge in [0, 0.05) is 50.6 Å². The van der Waals surface area contributed by atoms with E-state index in [1.165, 1.54) is 12.8 Å². The Bertz CT molecular complexity index is 976. The second-order valence-electron chi connectivity index (χ2n) is 12.3. The molecule has 0 saturated carbocycles. The summed E-state index contributed by atoms with van der Waals surface area (Å²) in [5.74, 6) is 1.57. The third kappa shape index (κ3) is 34.9. The molecule has 0 rings (SSSR count). The van der Waals surface area contributed by atoms with Crippen LogP contribution in [0.2, 0.25) is 0 Å². The summed E-state index contributed by atoms with van der Waals surface area (Å²) in [6, 6.07) is -0.0570. The Balaban J connectivity index is 4.15. The molecule has 0 saturated heterocycles. The Morgan fingerprint density at radius 1 is 0.540 bits per heavy atom. The fourth-order valence-electron chi connectivity index (χ4n) is 4.86. The highest BCUT2D eigenvalue weighted by molar-refractivity contribution is 8.76. The van der Waals surface area contributed by atoms with Crippen molar-refractivity contribution in [3.8, 4) is 0 Å². The molecule has 0 aliphatic rings. The van der Waals surface area contributed by atoms with Crippen molar-refractivity contribution in [2.45, 2.75) is 142 Å². The molecule has 0 aliphatic heterocycles. The van der Waals surface area contributed by atoms with Gasteiger partial charge in [0.1, 0.15) is 0 Å². The molecule has 0 radical (unpaired) electrons. The summed E-state index contributed by atoms with van der Waals surface area (Å²) < 4.78 is 0. The highest BCUT2D eigenvalue weighted by atomic mass is 33.1. The van der Waals surface area contributed by atoms with Gasteiger partial charge >= 0.3 is 0 Å². The van der Waals surface area contributed by atoms with Crippen molar-refractivity contribution in [2.24, 2.45) is 0 Å². The molecule has 0 aromatic carbocycles. The molecule has 282 valence electrons. The van der Waals surface area contributed by atoms with E-state index >= 15 is 0 Å². The van der Waals surface area contributed by atoms with E-state index in [4.69, 9.17) is 0 Å². The van der Waals surface area contributed by atoms with E-state index in [0.29, 0.717) is 12.8 Å². The minimum atomic E-state index is -0.0404. The average molecular weight is 731 g/mol. The number of amides is 4. The van der Waals surface area contributed by atoms with Gasteiger partial charge in [-0.3, -0.25) is 19.2 Å². The van der Waals surface area contributed by atoms with E-state index in [2.05, 4.69) is 58.7 Å². The van der Waals surface area contributed by atoms with Crippen molar-refractivity contribution in [1.82, 2.24) is 21.3 Å². The summed E-state index contributed by atoms with van der Waals surface area (Å²) in [4.78, 5) is 47.1. The molecule has 0 aliphatic carbocycles. The van der Waals surface area contributed by atoms with Gasteiger partial charge in [0.05, 0.1) is 12.1 Å². The van der Waals surface area contributed by atoms with Gasteiger partial charge in [0.15, 0.2) is 0 Å². The highest BCUT2D eigenvalue weighted by Gasteiger charge is 2.10. The van der Waals surface area contributed by atoms with Gasteiger partial charge in [-0.25, -0.2) is 0 Å². The number of carbonyl (C=O) groups excluding carboxylic acids is 4. The molecular formula is C40H66N4O4S2. The minimum Gasteiger partial charge on any atom is -0.349 e. The van der Waals surface area contributed by atoms with Crippen LogP contribution >= 0.6 is 21.6 Å². The fraction of sp³-hybridized carbons (Fsp3) is 0.600. The number of allylic oxidation sites excluding steroid dienone is 6. The molecular weight excluding hydrogens is 665 g/mol. The standard InChI is InChI=1S/C40H66N4O4S2/c1-5-7-25-31-41-39(47)29-23-19-15-11-9-13-17-21-27-37(43-35(3)45)33-49-50-34-38(44-36(4)46)28-22-18-14-10-12-16-20-24-30-40(48)42-32-26-8-6-2/h5-6,21-22,25-28,31-32,37-38H,1-2,7-20,23-24,29-30,33-34H2,3-4H3,(H,41,47)(H,42,48)(H,43,45)(H,44,46)/b27-21+,28-22+,31-25+,32-26+/t37-,38?/m1/s1. The second-order valence-corrected chi connectivity index (χ2v) is 14.9. The SMILES string of the molecule is C=CC/C=C/NC(=O)CCCCCCCC/C=C/C(CSSC[C@@H](/C=C/CCCCCCCCC(=O)N/C=C/CC=C)NC(C)=O)NC(C)=O. The zero-order valence-electron chi connectivity index (χ0n) is 30.9. The number of rotatable bonds is 33. The van der Waals surface area contributed by atoms with E-state index in [-0.39, 0.29) is 35.7 Å². The number of unbranched alkanes of at least 4 members (excludes halogenated alkanes) is 12. The van der Waals surface area contributed by atoms with Crippen LogP contribution in [0.1, 0.15) is 129 Å². The predicted molar refractivity (Wildman–Crippen MR) is 216 cm³/mol. The van der Waals surface area contributed by atoms with E-state index in [9.17, 15) is 19.2 Å². The highest BCUT2D eigenvalue weighted by Crippen LogP contribution is 2.24. The molecule has 10 heteroatoms. The van der Waals surface area contributed by atoms with Crippen LogP contribution in [0.3, 0.4) is 0 Å². The van der Waals surface area contributed by atoms with Crippen molar-refractivity contribution in [3.63, 3.8) is 0 Å². The van der Waals surface area contributed by atoms with Gasteiger partial charge in [-0.05, 0) is 51.4 Å². The van der Waals surface area contributed by atoms with E-state index in [0.717, 1.165) is 101 Å². The third-order valence-corrected chi connectivity index (χ3v) is 9.95. The Morgan fingerprint density at radius 2 is 0.900 bits per heavy atom. The van der Waals surface area contributed by atoms with Gasteiger partial charge in [0.25, 0.3) is 0 Å². The molecule has 0 fully saturated rings.